The number of rotatable bonds is 6. The van der Waals surface area contributed by atoms with Crippen LogP contribution in [0.3, 0.4) is 0 Å². The first-order valence-electron chi connectivity index (χ1n) is 9.04. The molecule has 2 heterocycles. The first kappa shape index (κ1) is 19.5. The molecule has 28 heavy (non-hydrogen) atoms. The van der Waals surface area contributed by atoms with E-state index in [1.54, 1.807) is 28.0 Å². The predicted octanol–water partition coefficient (Wildman–Crippen LogP) is 1.11. The Bertz CT molecular complexity index is 849. The molecule has 1 saturated heterocycles. The third-order valence-corrected chi connectivity index (χ3v) is 4.60. The Labute approximate surface area is 162 Å². The molecule has 146 valence electrons. The molecule has 0 bridgehead atoms. The minimum atomic E-state index is -0.373. The third-order valence-electron chi connectivity index (χ3n) is 4.60. The number of benzene rings is 1. The summed E-state index contributed by atoms with van der Waals surface area (Å²) in [7, 11) is 0. The van der Waals surface area contributed by atoms with Gasteiger partial charge in [0.1, 0.15) is 11.5 Å². The smallest absolute Gasteiger partial charge is 0.269 e. The number of hydrogen-bond acceptors (Lipinski definition) is 4. The number of piperazine rings is 1. The summed E-state index contributed by atoms with van der Waals surface area (Å²) < 4.78 is 12.9. The van der Waals surface area contributed by atoms with Gasteiger partial charge < -0.3 is 15.1 Å². The van der Waals surface area contributed by atoms with Crippen molar-refractivity contribution in [3.05, 3.63) is 65.2 Å². The summed E-state index contributed by atoms with van der Waals surface area (Å²) in [6, 6.07) is 9.14. The van der Waals surface area contributed by atoms with Crippen LogP contribution in [0.4, 0.5) is 4.39 Å². The van der Waals surface area contributed by atoms with Crippen LogP contribution in [0.5, 0.6) is 0 Å². The molecule has 0 radical (unpaired) electrons. The van der Waals surface area contributed by atoms with Gasteiger partial charge in [-0.2, -0.15) is 0 Å². The van der Waals surface area contributed by atoms with Gasteiger partial charge in [-0.25, -0.2) is 4.39 Å². The van der Waals surface area contributed by atoms with E-state index in [4.69, 9.17) is 0 Å². The van der Waals surface area contributed by atoms with Crippen molar-refractivity contribution in [1.29, 1.82) is 0 Å². The fourth-order valence-corrected chi connectivity index (χ4v) is 2.96. The number of nitrogens with zero attached hydrogens (tertiary/aromatic N) is 3. The zero-order valence-electron chi connectivity index (χ0n) is 15.3. The number of pyridine rings is 1. The normalized spacial score (nSPS) is 13.9. The molecule has 1 N–H and O–H groups in total. The molecular weight excluding hydrogens is 363 g/mol. The van der Waals surface area contributed by atoms with Crippen LogP contribution in [0.2, 0.25) is 0 Å². The largest absolute Gasteiger partial charge is 0.350 e. The molecule has 2 aromatic rings. The summed E-state index contributed by atoms with van der Waals surface area (Å²) in [5.41, 5.74) is 1.46. The lowest BCUT2D eigenvalue weighted by atomic mass is 10.1. The molecule has 0 aliphatic carbocycles. The lowest BCUT2D eigenvalue weighted by Crippen LogP contribution is -2.48. The van der Waals surface area contributed by atoms with Crippen molar-refractivity contribution in [2.24, 2.45) is 0 Å². The number of carbonyl (C=O) groups excluding carboxylic acids is 3. The van der Waals surface area contributed by atoms with Gasteiger partial charge >= 0.3 is 0 Å². The first-order valence-corrected chi connectivity index (χ1v) is 9.04. The van der Waals surface area contributed by atoms with Crippen LogP contribution >= 0.6 is 0 Å². The van der Waals surface area contributed by atoms with E-state index in [1.807, 2.05) is 0 Å². The average molecular weight is 384 g/mol. The van der Waals surface area contributed by atoms with E-state index in [0.29, 0.717) is 44.7 Å². The van der Waals surface area contributed by atoms with Crippen molar-refractivity contribution in [3.63, 3.8) is 0 Å². The molecule has 1 aliphatic heterocycles. The number of amides is 3. The minimum Gasteiger partial charge on any atom is -0.350 e. The minimum absolute atomic E-state index is 0.163. The molecule has 7 nitrogen and oxygen atoms in total. The third kappa shape index (κ3) is 4.91. The van der Waals surface area contributed by atoms with Crippen molar-refractivity contribution in [1.82, 2.24) is 20.1 Å². The molecule has 1 aliphatic rings. The SMILES string of the molecule is O=CN1CCN(C(=O)c2ccnc(C(=O)NCCc3ccc(F)cc3)c2)CC1. The fourth-order valence-electron chi connectivity index (χ4n) is 2.96. The molecule has 3 amide bonds. The summed E-state index contributed by atoms with van der Waals surface area (Å²) in [5, 5.41) is 2.76. The van der Waals surface area contributed by atoms with Crippen molar-refractivity contribution in [2.75, 3.05) is 32.7 Å². The van der Waals surface area contributed by atoms with Gasteiger partial charge in [0.05, 0.1) is 0 Å². The molecule has 1 aromatic carbocycles. The summed E-state index contributed by atoms with van der Waals surface area (Å²) in [6.07, 6.45) is 2.78. The standard InChI is InChI=1S/C20H21FN4O3/c21-17-3-1-15(2-4-17)5-7-23-19(27)18-13-16(6-8-22-18)20(28)25-11-9-24(14-26)10-12-25/h1-4,6,8,13-14H,5,7,9-12H2,(H,23,27). The Balaban J connectivity index is 1.56. The Morgan fingerprint density at radius 3 is 2.50 bits per heavy atom. The van der Waals surface area contributed by atoms with Crippen molar-refractivity contribution < 1.29 is 18.8 Å². The van der Waals surface area contributed by atoms with E-state index >= 15 is 0 Å². The van der Waals surface area contributed by atoms with Crippen LogP contribution in [0, 0.1) is 5.82 Å². The second kappa shape index (κ2) is 9.07. The summed E-state index contributed by atoms with van der Waals surface area (Å²) in [5.74, 6) is -0.859. The summed E-state index contributed by atoms with van der Waals surface area (Å²) in [6.45, 7) is 2.28. The molecule has 0 saturated carbocycles. The van der Waals surface area contributed by atoms with Crippen molar-refractivity contribution in [2.45, 2.75) is 6.42 Å². The first-order chi connectivity index (χ1) is 13.6. The molecule has 0 unspecified atom stereocenters. The lowest BCUT2D eigenvalue weighted by molar-refractivity contribution is -0.119. The van der Waals surface area contributed by atoms with Gasteiger partial charge in [-0.3, -0.25) is 19.4 Å². The molecule has 0 spiro atoms. The van der Waals surface area contributed by atoms with Gasteiger partial charge in [0, 0.05) is 44.5 Å². The zero-order valence-corrected chi connectivity index (χ0v) is 15.3. The van der Waals surface area contributed by atoms with Crippen molar-refractivity contribution in [3.8, 4) is 0 Å². The van der Waals surface area contributed by atoms with E-state index in [-0.39, 0.29) is 23.3 Å². The highest BCUT2D eigenvalue weighted by atomic mass is 19.1. The maximum Gasteiger partial charge on any atom is 0.269 e. The molecule has 8 heteroatoms. The van der Waals surface area contributed by atoms with Crippen LogP contribution in [-0.4, -0.2) is 65.7 Å². The van der Waals surface area contributed by atoms with Gasteiger partial charge in [-0.1, -0.05) is 12.1 Å². The van der Waals surface area contributed by atoms with E-state index in [1.165, 1.54) is 24.4 Å². The topological polar surface area (TPSA) is 82.6 Å². The average Bonchev–Trinajstić information content (AvgIpc) is 2.74. The van der Waals surface area contributed by atoms with Gasteiger partial charge in [0.25, 0.3) is 11.8 Å². The Kier molecular flexibility index (Phi) is 6.31. The van der Waals surface area contributed by atoms with Crippen LogP contribution < -0.4 is 5.32 Å². The van der Waals surface area contributed by atoms with Crippen molar-refractivity contribution >= 4 is 18.2 Å². The maximum atomic E-state index is 12.9. The molecule has 1 aromatic heterocycles. The van der Waals surface area contributed by atoms with E-state index < -0.39 is 0 Å². The number of carbonyl (C=O) groups is 3. The number of hydrogen-bond donors (Lipinski definition) is 1. The van der Waals surface area contributed by atoms with E-state index in [0.717, 1.165) is 12.0 Å². The van der Waals surface area contributed by atoms with E-state index in [2.05, 4.69) is 10.3 Å². The van der Waals surface area contributed by atoms with Crippen LogP contribution in [0.25, 0.3) is 0 Å². The Morgan fingerprint density at radius 2 is 1.82 bits per heavy atom. The number of halogens is 1. The second-order valence-corrected chi connectivity index (χ2v) is 6.50. The lowest BCUT2D eigenvalue weighted by Gasteiger charge is -2.32. The quantitative estimate of drug-likeness (QED) is 0.757. The highest BCUT2D eigenvalue weighted by Gasteiger charge is 2.22. The maximum absolute atomic E-state index is 12.9. The molecule has 3 rings (SSSR count). The highest BCUT2D eigenvalue weighted by molar-refractivity contribution is 5.98. The Morgan fingerprint density at radius 1 is 1.11 bits per heavy atom. The summed E-state index contributed by atoms with van der Waals surface area (Å²) >= 11 is 0. The molecule has 1 fully saturated rings. The molecule has 0 atom stereocenters. The van der Waals surface area contributed by atoms with Crippen LogP contribution in [0.15, 0.2) is 42.6 Å². The Hall–Kier alpha value is -3.29. The summed E-state index contributed by atoms with van der Waals surface area (Å²) in [4.78, 5) is 43.0. The fraction of sp³-hybridized carbons (Fsp3) is 0.300. The van der Waals surface area contributed by atoms with Gasteiger partial charge in [-0.15, -0.1) is 0 Å². The molecular formula is C20H21FN4O3. The number of aromatic nitrogens is 1. The number of nitrogens with one attached hydrogen (secondary N) is 1. The van der Waals surface area contributed by atoms with Gasteiger partial charge in [0.15, 0.2) is 0 Å². The van der Waals surface area contributed by atoms with Gasteiger partial charge in [0.2, 0.25) is 6.41 Å². The van der Waals surface area contributed by atoms with Crippen LogP contribution in [-0.2, 0) is 11.2 Å². The van der Waals surface area contributed by atoms with E-state index in [9.17, 15) is 18.8 Å². The van der Waals surface area contributed by atoms with Crippen LogP contribution in [0.1, 0.15) is 26.4 Å². The second-order valence-electron chi connectivity index (χ2n) is 6.50. The zero-order chi connectivity index (χ0) is 19.9. The van der Waals surface area contributed by atoms with Gasteiger partial charge in [-0.05, 0) is 36.2 Å². The predicted molar refractivity (Wildman–Crippen MR) is 100 cm³/mol. The highest BCUT2D eigenvalue weighted by Crippen LogP contribution is 2.09. The monoisotopic (exact) mass is 384 g/mol.